The van der Waals surface area contributed by atoms with Gasteiger partial charge < -0.3 is 4.90 Å². The minimum absolute atomic E-state index is 0.00389. The average Bonchev–Trinajstić information content (AvgIpc) is 2.79. The monoisotopic (exact) mass is 256 g/mol. The first kappa shape index (κ1) is 12.9. The van der Waals surface area contributed by atoms with Crippen molar-refractivity contribution in [3.8, 4) is 0 Å². The van der Waals surface area contributed by atoms with Gasteiger partial charge in [-0.15, -0.1) is 0 Å². The molecule has 0 bridgehead atoms. The van der Waals surface area contributed by atoms with Crippen LogP contribution in [0.25, 0.3) is 0 Å². The smallest absolute Gasteiger partial charge is 0.330 e. The largest absolute Gasteiger partial charge is 0.408 e. The number of carbonyl (C=O) groups is 1. The molecule has 0 aromatic heterocycles. The Bertz CT molecular complexity index is 416. The first-order chi connectivity index (χ1) is 8.48. The molecule has 1 aromatic rings. The summed E-state index contributed by atoms with van der Waals surface area (Å²) in [6.45, 7) is 0.194. The minimum atomic E-state index is -4.32. The lowest BCUT2D eigenvalue weighted by molar-refractivity contribution is -0.182. The first-order valence-corrected chi connectivity index (χ1v) is 5.79. The predicted molar refractivity (Wildman–Crippen MR) is 59.8 cm³/mol. The van der Waals surface area contributed by atoms with Gasteiger partial charge in [0.05, 0.1) is 6.42 Å². The molecule has 1 heterocycles. The lowest BCUT2D eigenvalue weighted by Gasteiger charge is -2.26. The molecule has 5 heteroatoms. The van der Waals surface area contributed by atoms with E-state index in [4.69, 9.17) is 0 Å². The Balaban J connectivity index is 2.05. The van der Waals surface area contributed by atoms with Crippen molar-refractivity contribution in [1.29, 1.82) is 0 Å². The zero-order valence-electron chi connectivity index (χ0n) is 9.70. The lowest BCUT2D eigenvalue weighted by atomic mass is 10.1. The van der Waals surface area contributed by atoms with Crippen LogP contribution in [-0.4, -0.2) is 29.6 Å². The summed E-state index contributed by atoms with van der Waals surface area (Å²) in [6, 6.07) is 7.93. The SMILES string of the molecule is O=C(Cc1c[c]ccc1)N1CCC[C@H]1C(F)(F)F. The fourth-order valence-electron chi connectivity index (χ4n) is 2.22. The van der Waals surface area contributed by atoms with E-state index in [1.54, 1.807) is 24.3 Å². The van der Waals surface area contributed by atoms with Crippen LogP contribution < -0.4 is 0 Å². The second-order valence-corrected chi connectivity index (χ2v) is 4.38. The Labute approximate surface area is 103 Å². The van der Waals surface area contributed by atoms with Crippen LogP contribution in [0.4, 0.5) is 13.2 Å². The van der Waals surface area contributed by atoms with E-state index in [0.717, 1.165) is 4.90 Å². The molecule has 97 valence electrons. The van der Waals surface area contributed by atoms with Crippen molar-refractivity contribution >= 4 is 5.91 Å². The highest BCUT2D eigenvalue weighted by Crippen LogP contribution is 2.32. The van der Waals surface area contributed by atoms with E-state index in [1.807, 2.05) is 0 Å². The number of hydrogen-bond donors (Lipinski definition) is 0. The zero-order chi connectivity index (χ0) is 13.2. The van der Waals surface area contributed by atoms with Crippen LogP contribution in [0.1, 0.15) is 18.4 Å². The Morgan fingerprint density at radius 2 is 2.28 bits per heavy atom. The molecule has 18 heavy (non-hydrogen) atoms. The molecule has 0 unspecified atom stereocenters. The quantitative estimate of drug-likeness (QED) is 0.796. The van der Waals surface area contributed by atoms with Crippen molar-refractivity contribution in [2.75, 3.05) is 6.54 Å². The third-order valence-electron chi connectivity index (χ3n) is 3.08. The number of rotatable bonds is 2. The summed E-state index contributed by atoms with van der Waals surface area (Å²) in [7, 11) is 0. The van der Waals surface area contributed by atoms with Crippen LogP contribution in [0, 0.1) is 6.07 Å². The third kappa shape index (κ3) is 2.83. The van der Waals surface area contributed by atoms with E-state index >= 15 is 0 Å². The van der Waals surface area contributed by atoms with Crippen LogP contribution in [0.5, 0.6) is 0 Å². The number of alkyl halides is 3. The molecule has 0 N–H and O–H groups in total. The molecule has 2 nitrogen and oxygen atoms in total. The molecule has 0 aliphatic carbocycles. The Morgan fingerprint density at radius 1 is 1.50 bits per heavy atom. The number of likely N-dealkylation sites (tertiary alicyclic amines) is 1. The van der Waals surface area contributed by atoms with E-state index in [-0.39, 0.29) is 19.4 Å². The van der Waals surface area contributed by atoms with Gasteiger partial charge >= 0.3 is 6.18 Å². The van der Waals surface area contributed by atoms with Gasteiger partial charge in [-0.05, 0) is 24.5 Å². The highest BCUT2D eigenvalue weighted by molar-refractivity contribution is 5.79. The number of benzene rings is 1. The summed E-state index contributed by atoms with van der Waals surface area (Å²) < 4.78 is 38.1. The van der Waals surface area contributed by atoms with Crippen molar-refractivity contribution in [3.05, 3.63) is 35.9 Å². The fraction of sp³-hybridized carbons (Fsp3) is 0.462. The average molecular weight is 256 g/mol. The number of amides is 1. The topological polar surface area (TPSA) is 20.3 Å². The molecule has 1 amide bonds. The Kier molecular flexibility index (Phi) is 3.59. The van der Waals surface area contributed by atoms with Gasteiger partial charge in [-0.25, -0.2) is 0 Å². The third-order valence-corrected chi connectivity index (χ3v) is 3.08. The van der Waals surface area contributed by atoms with Crippen LogP contribution in [0.2, 0.25) is 0 Å². The molecule has 1 aromatic carbocycles. The van der Waals surface area contributed by atoms with Crippen molar-refractivity contribution in [3.63, 3.8) is 0 Å². The Hall–Kier alpha value is -1.52. The summed E-state index contributed by atoms with van der Waals surface area (Å²) in [5.74, 6) is -0.463. The maximum atomic E-state index is 12.7. The molecule has 2 rings (SSSR count). The second kappa shape index (κ2) is 5.00. The van der Waals surface area contributed by atoms with Gasteiger partial charge in [-0.3, -0.25) is 4.79 Å². The summed E-state index contributed by atoms with van der Waals surface area (Å²) in [4.78, 5) is 12.8. The number of nitrogens with zero attached hydrogens (tertiary/aromatic N) is 1. The molecular formula is C13H13F3NO. The van der Waals surface area contributed by atoms with Gasteiger partial charge in [0.2, 0.25) is 5.91 Å². The van der Waals surface area contributed by atoms with Gasteiger partial charge in [-0.1, -0.05) is 24.3 Å². The van der Waals surface area contributed by atoms with Crippen molar-refractivity contribution < 1.29 is 18.0 Å². The van der Waals surface area contributed by atoms with Crippen molar-refractivity contribution in [1.82, 2.24) is 4.90 Å². The molecule has 1 saturated heterocycles. The van der Waals surface area contributed by atoms with E-state index in [9.17, 15) is 18.0 Å². The first-order valence-electron chi connectivity index (χ1n) is 5.79. The summed E-state index contributed by atoms with van der Waals surface area (Å²) in [6.07, 6.45) is -3.90. The van der Waals surface area contributed by atoms with E-state index in [1.165, 1.54) is 0 Å². The van der Waals surface area contributed by atoms with E-state index in [0.29, 0.717) is 12.0 Å². The highest BCUT2D eigenvalue weighted by atomic mass is 19.4. The summed E-state index contributed by atoms with van der Waals surface area (Å²) in [5, 5.41) is 0. The maximum absolute atomic E-state index is 12.7. The lowest BCUT2D eigenvalue weighted by Crippen LogP contribution is -2.45. The number of carbonyl (C=O) groups excluding carboxylic acids is 1. The molecule has 1 radical (unpaired) electrons. The number of halogens is 3. The second-order valence-electron chi connectivity index (χ2n) is 4.38. The van der Waals surface area contributed by atoms with Gasteiger partial charge in [0.1, 0.15) is 6.04 Å². The van der Waals surface area contributed by atoms with Crippen LogP contribution in [0.3, 0.4) is 0 Å². The molecular weight excluding hydrogens is 243 g/mol. The van der Waals surface area contributed by atoms with Crippen LogP contribution in [0.15, 0.2) is 24.3 Å². The molecule has 1 aliphatic rings. The minimum Gasteiger partial charge on any atom is -0.330 e. The summed E-state index contributed by atoms with van der Waals surface area (Å²) in [5.41, 5.74) is 0.690. The molecule has 1 aliphatic heterocycles. The van der Waals surface area contributed by atoms with Gasteiger partial charge in [0.25, 0.3) is 0 Å². The normalized spacial score (nSPS) is 20.2. The van der Waals surface area contributed by atoms with Gasteiger partial charge in [-0.2, -0.15) is 13.2 Å². The van der Waals surface area contributed by atoms with E-state index < -0.39 is 18.1 Å². The maximum Gasteiger partial charge on any atom is 0.408 e. The van der Waals surface area contributed by atoms with Crippen LogP contribution >= 0.6 is 0 Å². The predicted octanol–water partition coefficient (Wildman–Crippen LogP) is 2.58. The standard InChI is InChI=1S/C13H13F3NO/c14-13(15,16)11-7-4-8-17(11)12(18)9-10-5-2-1-3-6-10/h1-2,5-6,11H,4,7-9H2/t11-/m0/s1. The summed E-state index contributed by atoms with van der Waals surface area (Å²) >= 11 is 0. The van der Waals surface area contributed by atoms with Crippen molar-refractivity contribution in [2.24, 2.45) is 0 Å². The van der Waals surface area contributed by atoms with Crippen LogP contribution in [-0.2, 0) is 11.2 Å². The molecule has 1 fully saturated rings. The van der Waals surface area contributed by atoms with Gasteiger partial charge in [0.15, 0.2) is 0 Å². The van der Waals surface area contributed by atoms with E-state index in [2.05, 4.69) is 6.07 Å². The highest BCUT2D eigenvalue weighted by Gasteiger charge is 2.47. The molecule has 1 atom stereocenters. The Morgan fingerprint density at radius 3 is 2.89 bits per heavy atom. The fourth-order valence-corrected chi connectivity index (χ4v) is 2.22. The molecule has 0 spiro atoms. The number of hydrogen-bond acceptors (Lipinski definition) is 1. The van der Waals surface area contributed by atoms with Crippen molar-refractivity contribution in [2.45, 2.75) is 31.5 Å². The molecule has 0 saturated carbocycles. The van der Waals surface area contributed by atoms with Gasteiger partial charge in [0, 0.05) is 6.54 Å². The zero-order valence-corrected chi connectivity index (χ0v) is 9.70.